The number of nitrogens with one attached hydrogen (secondary N) is 1. The lowest BCUT2D eigenvalue weighted by Gasteiger charge is -2.36. The van der Waals surface area contributed by atoms with Crippen molar-refractivity contribution in [3.05, 3.63) is 54.4 Å². The van der Waals surface area contributed by atoms with Crippen molar-refractivity contribution >= 4 is 28.2 Å². The molecule has 1 saturated heterocycles. The molecule has 33 heavy (non-hydrogen) atoms. The Labute approximate surface area is 194 Å². The van der Waals surface area contributed by atoms with Gasteiger partial charge in [0.2, 0.25) is 5.65 Å². The number of benzene rings is 2. The molecule has 0 radical (unpaired) electrons. The van der Waals surface area contributed by atoms with E-state index in [0.717, 1.165) is 86.2 Å². The van der Waals surface area contributed by atoms with Gasteiger partial charge in [0.05, 0.1) is 18.1 Å². The number of hydrogen-bond donors (Lipinski definition) is 1. The van der Waals surface area contributed by atoms with Crippen molar-refractivity contribution in [2.45, 2.75) is 19.8 Å². The summed E-state index contributed by atoms with van der Waals surface area (Å²) in [6.07, 6.45) is 1.88. The van der Waals surface area contributed by atoms with E-state index in [-0.39, 0.29) is 0 Å². The maximum absolute atomic E-state index is 5.27. The molecule has 1 fully saturated rings. The summed E-state index contributed by atoms with van der Waals surface area (Å²) in [6.45, 7) is 8.28. The Kier molecular flexibility index (Phi) is 6.26. The normalized spacial score (nSPS) is 14.8. The van der Waals surface area contributed by atoms with Crippen LogP contribution in [0.1, 0.15) is 19.2 Å². The van der Waals surface area contributed by atoms with Gasteiger partial charge >= 0.3 is 0 Å². The van der Waals surface area contributed by atoms with Gasteiger partial charge in [-0.05, 0) is 49.4 Å². The van der Waals surface area contributed by atoms with Crippen LogP contribution in [0.3, 0.4) is 0 Å². The predicted molar refractivity (Wildman–Crippen MR) is 132 cm³/mol. The van der Waals surface area contributed by atoms with Crippen molar-refractivity contribution in [2.75, 3.05) is 56.6 Å². The van der Waals surface area contributed by atoms with Crippen LogP contribution in [0.15, 0.2) is 48.5 Å². The highest BCUT2D eigenvalue weighted by molar-refractivity contribution is 5.82. The van der Waals surface area contributed by atoms with Crippen LogP contribution >= 0.6 is 0 Å². The second-order valence-electron chi connectivity index (χ2n) is 8.38. The average molecular weight is 446 g/mol. The Morgan fingerprint density at radius 3 is 2.52 bits per heavy atom. The van der Waals surface area contributed by atoms with Crippen LogP contribution in [-0.2, 0) is 6.42 Å². The molecule has 1 aliphatic rings. The largest absolute Gasteiger partial charge is 0.497 e. The number of para-hydroxylation sites is 2. The lowest BCUT2D eigenvalue weighted by Crippen LogP contribution is -2.46. The van der Waals surface area contributed by atoms with Crippen LogP contribution in [0.25, 0.3) is 16.7 Å². The quantitative estimate of drug-likeness (QED) is 0.417. The minimum atomic E-state index is 0.804. The van der Waals surface area contributed by atoms with Crippen LogP contribution in [0.4, 0.5) is 11.5 Å². The van der Waals surface area contributed by atoms with Gasteiger partial charge in [-0.2, -0.15) is 0 Å². The first-order valence-electron chi connectivity index (χ1n) is 11.7. The number of rotatable bonds is 8. The van der Waals surface area contributed by atoms with E-state index < -0.39 is 0 Å². The van der Waals surface area contributed by atoms with Crippen LogP contribution in [0, 0.1) is 0 Å². The minimum absolute atomic E-state index is 0.804. The Morgan fingerprint density at radius 2 is 1.76 bits per heavy atom. The Balaban J connectivity index is 1.16. The summed E-state index contributed by atoms with van der Waals surface area (Å²) >= 11 is 0. The number of aryl methyl sites for hydroxylation is 1. The third kappa shape index (κ3) is 4.43. The Bertz CT molecular complexity index is 1210. The zero-order chi connectivity index (χ0) is 22.6. The number of ether oxygens (including phenoxy) is 1. The summed E-state index contributed by atoms with van der Waals surface area (Å²) in [5, 5.41) is 12.3. The fourth-order valence-corrected chi connectivity index (χ4v) is 4.52. The van der Waals surface area contributed by atoms with E-state index in [0.29, 0.717) is 0 Å². The SMILES string of the molecule is CCc1nnc2c(NCCCN3CCN(c4ccc(OC)cc4)CC3)nc3ccccc3n12. The van der Waals surface area contributed by atoms with Crippen molar-refractivity contribution in [2.24, 2.45) is 0 Å². The fourth-order valence-electron chi connectivity index (χ4n) is 4.52. The molecule has 3 heterocycles. The maximum atomic E-state index is 5.27. The second kappa shape index (κ2) is 9.62. The van der Waals surface area contributed by atoms with E-state index >= 15 is 0 Å². The molecule has 0 amide bonds. The van der Waals surface area contributed by atoms with E-state index in [1.165, 1.54) is 5.69 Å². The molecule has 4 aromatic rings. The van der Waals surface area contributed by atoms with Crippen molar-refractivity contribution < 1.29 is 4.74 Å². The van der Waals surface area contributed by atoms with Crippen LogP contribution in [-0.4, -0.2) is 70.9 Å². The smallest absolute Gasteiger partial charge is 0.204 e. The minimum Gasteiger partial charge on any atom is -0.497 e. The van der Waals surface area contributed by atoms with E-state index in [4.69, 9.17) is 9.72 Å². The van der Waals surface area contributed by atoms with Gasteiger partial charge in [-0.3, -0.25) is 9.30 Å². The van der Waals surface area contributed by atoms with Gasteiger partial charge < -0.3 is 15.0 Å². The lowest BCUT2D eigenvalue weighted by atomic mass is 10.2. The molecule has 8 nitrogen and oxygen atoms in total. The average Bonchev–Trinajstić information content (AvgIpc) is 3.32. The number of anilines is 2. The lowest BCUT2D eigenvalue weighted by molar-refractivity contribution is 0.257. The third-order valence-corrected chi connectivity index (χ3v) is 6.37. The number of methoxy groups -OCH3 is 1. The predicted octanol–water partition coefficient (Wildman–Crippen LogP) is 3.47. The van der Waals surface area contributed by atoms with Gasteiger partial charge in [-0.15, -0.1) is 10.2 Å². The maximum Gasteiger partial charge on any atom is 0.204 e. The monoisotopic (exact) mass is 445 g/mol. The first-order chi connectivity index (χ1) is 16.3. The zero-order valence-electron chi connectivity index (χ0n) is 19.4. The van der Waals surface area contributed by atoms with E-state index in [1.807, 2.05) is 30.3 Å². The standard InChI is InChI=1S/C25H31N7O/c1-3-23-28-29-25-24(27-21-7-4-5-8-22(21)32(23)25)26-13-6-14-30-15-17-31(18-16-30)19-9-11-20(33-2)12-10-19/h4-5,7-12H,3,6,13-18H2,1-2H3,(H,26,27). The molecule has 1 N–H and O–H groups in total. The summed E-state index contributed by atoms with van der Waals surface area (Å²) in [5.41, 5.74) is 4.08. The highest BCUT2D eigenvalue weighted by Crippen LogP contribution is 2.22. The molecule has 172 valence electrons. The molecule has 8 heteroatoms. The number of piperazine rings is 1. The number of nitrogens with zero attached hydrogens (tertiary/aromatic N) is 6. The second-order valence-corrected chi connectivity index (χ2v) is 8.38. The molecule has 2 aromatic carbocycles. The molecule has 5 rings (SSSR count). The summed E-state index contributed by atoms with van der Waals surface area (Å²) in [7, 11) is 1.70. The van der Waals surface area contributed by atoms with Crippen LogP contribution < -0.4 is 15.0 Å². The highest BCUT2D eigenvalue weighted by atomic mass is 16.5. The first kappa shape index (κ1) is 21.5. The summed E-state index contributed by atoms with van der Waals surface area (Å²) in [4.78, 5) is 9.81. The van der Waals surface area contributed by atoms with Crippen molar-refractivity contribution in [1.29, 1.82) is 0 Å². The zero-order valence-corrected chi connectivity index (χ0v) is 19.4. The van der Waals surface area contributed by atoms with E-state index in [9.17, 15) is 0 Å². The molecular weight excluding hydrogens is 414 g/mol. The highest BCUT2D eigenvalue weighted by Gasteiger charge is 2.17. The van der Waals surface area contributed by atoms with Crippen molar-refractivity contribution in [3.8, 4) is 5.75 Å². The van der Waals surface area contributed by atoms with E-state index in [2.05, 4.69) is 54.8 Å². The molecular formula is C25H31N7O. The number of hydrogen-bond acceptors (Lipinski definition) is 7. The van der Waals surface area contributed by atoms with Crippen molar-refractivity contribution in [3.63, 3.8) is 0 Å². The van der Waals surface area contributed by atoms with Gasteiger partial charge in [-0.25, -0.2) is 4.98 Å². The third-order valence-electron chi connectivity index (χ3n) is 6.37. The van der Waals surface area contributed by atoms with E-state index in [1.54, 1.807) is 7.11 Å². The summed E-state index contributed by atoms with van der Waals surface area (Å²) < 4.78 is 7.39. The molecule has 0 bridgehead atoms. The Hall–Kier alpha value is -3.39. The summed E-state index contributed by atoms with van der Waals surface area (Å²) in [6, 6.07) is 16.5. The topological polar surface area (TPSA) is 70.8 Å². The summed E-state index contributed by atoms with van der Waals surface area (Å²) in [5.74, 6) is 2.67. The van der Waals surface area contributed by atoms with Gasteiger partial charge in [0.25, 0.3) is 0 Å². The Morgan fingerprint density at radius 1 is 0.970 bits per heavy atom. The van der Waals surface area contributed by atoms with Gasteiger partial charge in [0.15, 0.2) is 5.82 Å². The van der Waals surface area contributed by atoms with Crippen LogP contribution in [0.2, 0.25) is 0 Å². The first-order valence-corrected chi connectivity index (χ1v) is 11.7. The molecule has 0 saturated carbocycles. The molecule has 0 atom stereocenters. The van der Waals surface area contributed by atoms with Gasteiger partial charge in [0.1, 0.15) is 11.6 Å². The molecule has 0 aliphatic carbocycles. The van der Waals surface area contributed by atoms with Crippen molar-refractivity contribution in [1.82, 2.24) is 24.5 Å². The van der Waals surface area contributed by atoms with Gasteiger partial charge in [-0.1, -0.05) is 19.1 Å². The molecule has 0 unspecified atom stereocenters. The number of fused-ring (bicyclic) bond motifs is 3. The molecule has 0 spiro atoms. The molecule has 2 aromatic heterocycles. The van der Waals surface area contributed by atoms with Gasteiger partial charge in [0, 0.05) is 44.8 Å². The fraction of sp³-hybridized carbons (Fsp3) is 0.400. The van der Waals surface area contributed by atoms with Crippen LogP contribution in [0.5, 0.6) is 5.75 Å². The number of aromatic nitrogens is 4. The molecule has 1 aliphatic heterocycles.